The van der Waals surface area contributed by atoms with Gasteiger partial charge in [0.1, 0.15) is 6.61 Å². The van der Waals surface area contributed by atoms with Crippen molar-refractivity contribution in [3.8, 4) is 0 Å². The highest BCUT2D eigenvalue weighted by Crippen LogP contribution is 2.12. The van der Waals surface area contributed by atoms with Gasteiger partial charge in [-0.05, 0) is 51.4 Å². The Hall–Kier alpha value is -2.14. The molecule has 1 atom stereocenters. The van der Waals surface area contributed by atoms with Crippen LogP contribution in [0.4, 0.5) is 0 Å². The summed E-state index contributed by atoms with van der Waals surface area (Å²) in [6.07, 6.45) is 40.2. The Bertz CT molecular complexity index is 722. The number of esters is 2. The van der Waals surface area contributed by atoms with E-state index in [1.165, 1.54) is 77.0 Å². The molecule has 0 spiro atoms. The number of ether oxygens (including phenoxy) is 2. The van der Waals surface area contributed by atoms with Gasteiger partial charge in [-0.1, -0.05) is 140 Å². The monoisotopic (exact) mass is 588 g/mol. The third-order valence-corrected chi connectivity index (χ3v) is 7.13. The molecule has 0 bridgehead atoms. The smallest absolute Gasteiger partial charge is 0.306 e. The molecule has 0 aromatic carbocycles. The summed E-state index contributed by atoms with van der Waals surface area (Å²) in [6.45, 7) is 4.03. The van der Waals surface area contributed by atoms with Crippen LogP contribution >= 0.6 is 0 Å². The summed E-state index contributed by atoms with van der Waals surface area (Å²) in [5.74, 6) is -0.660. The lowest BCUT2D eigenvalue weighted by molar-refractivity contribution is -0.161. The van der Waals surface area contributed by atoms with Gasteiger partial charge in [0.15, 0.2) is 6.10 Å². The molecule has 5 nitrogen and oxygen atoms in total. The average Bonchev–Trinajstić information content (AvgIpc) is 2.99. The van der Waals surface area contributed by atoms with E-state index in [0.717, 1.165) is 44.9 Å². The Labute approximate surface area is 258 Å². The quantitative estimate of drug-likeness (QED) is 0.0513. The van der Waals surface area contributed by atoms with Gasteiger partial charge in [-0.2, -0.15) is 0 Å². The summed E-state index contributed by atoms with van der Waals surface area (Å²) < 4.78 is 10.5. The zero-order valence-corrected chi connectivity index (χ0v) is 27.2. The molecule has 0 aliphatic rings. The maximum absolute atomic E-state index is 12.1. The lowest BCUT2D eigenvalue weighted by Gasteiger charge is -2.15. The van der Waals surface area contributed by atoms with Crippen LogP contribution < -0.4 is 0 Å². The molecule has 0 aliphatic heterocycles. The summed E-state index contributed by atoms with van der Waals surface area (Å²) in [4.78, 5) is 24.1. The van der Waals surface area contributed by atoms with Gasteiger partial charge >= 0.3 is 11.9 Å². The van der Waals surface area contributed by atoms with E-state index in [1.807, 2.05) is 0 Å². The number of aliphatic hydroxyl groups excluding tert-OH is 1. The van der Waals surface area contributed by atoms with Crippen molar-refractivity contribution in [3.63, 3.8) is 0 Å². The number of unbranched alkanes of at least 4 members (excludes halogenated alkanes) is 14. The summed E-state index contributed by atoms with van der Waals surface area (Å²) in [6, 6.07) is 0. The van der Waals surface area contributed by atoms with Crippen LogP contribution in [0.1, 0.15) is 155 Å². The minimum atomic E-state index is -0.789. The van der Waals surface area contributed by atoms with Crippen LogP contribution in [0.5, 0.6) is 0 Å². The highest BCUT2D eigenvalue weighted by atomic mass is 16.6. The zero-order valence-electron chi connectivity index (χ0n) is 27.2. The average molecular weight is 589 g/mol. The molecule has 0 aromatic heterocycles. The lowest BCUT2D eigenvalue weighted by atomic mass is 10.1. The van der Waals surface area contributed by atoms with Gasteiger partial charge in [0.2, 0.25) is 0 Å². The molecule has 0 aromatic rings. The van der Waals surface area contributed by atoms with Gasteiger partial charge in [-0.15, -0.1) is 0 Å². The van der Waals surface area contributed by atoms with Crippen LogP contribution in [0.25, 0.3) is 0 Å². The van der Waals surface area contributed by atoms with Crippen molar-refractivity contribution in [2.24, 2.45) is 0 Å². The maximum Gasteiger partial charge on any atom is 0.306 e. The molecule has 0 fully saturated rings. The highest BCUT2D eigenvalue weighted by Gasteiger charge is 2.15. The van der Waals surface area contributed by atoms with Gasteiger partial charge in [-0.3, -0.25) is 9.59 Å². The molecule has 0 amide bonds. The third-order valence-electron chi connectivity index (χ3n) is 7.13. The molecule has 5 heteroatoms. The molecule has 0 aliphatic carbocycles. The van der Waals surface area contributed by atoms with Gasteiger partial charge in [0.25, 0.3) is 0 Å². The molecule has 42 heavy (non-hydrogen) atoms. The van der Waals surface area contributed by atoms with Crippen LogP contribution in [0.2, 0.25) is 0 Å². The fourth-order valence-electron chi connectivity index (χ4n) is 4.49. The van der Waals surface area contributed by atoms with E-state index in [0.29, 0.717) is 19.3 Å². The number of hydrogen-bond donors (Lipinski definition) is 1. The molecular formula is C37H64O5. The SMILES string of the molecule is CCCCC/C=C\C/C=C\C/C=C\C/C=C\CCCC(=O)OC[C@H](CO)OC(=O)CCCCCCCCCCCCC. The van der Waals surface area contributed by atoms with Gasteiger partial charge in [0.05, 0.1) is 6.61 Å². The summed E-state index contributed by atoms with van der Waals surface area (Å²) in [5.41, 5.74) is 0. The van der Waals surface area contributed by atoms with Crippen LogP contribution in [-0.2, 0) is 19.1 Å². The van der Waals surface area contributed by atoms with Crippen molar-refractivity contribution >= 4 is 11.9 Å². The number of aliphatic hydroxyl groups is 1. The number of hydrogen-bond acceptors (Lipinski definition) is 5. The first kappa shape index (κ1) is 39.9. The number of carbonyl (C=O) groups excluding carboxylic acids is 2. The summed E-state index contributed by atoms with van der Waals surface area (Å²) in [5, 5.41) is 9.49. The number of allylic oxidation sites excluding steroid dienone is 8. The minimum absolute atomic E-state index is 0.0936. The topological polar surface area (TPSA) is 72.8 Å². The first-order valence-corrected chi connectivity index (χ1v) is 17.2. The minimum Gasteiger partial charge on any atom is -0.462 e. The second-order valence-corrected chi connectivity index (χ2v) is 11.2. The standard InChI is InChI=1S/C37H64O5/c1-3-5-7-9-11-13-15-16-17-18-19-20-22-23-25-27-29-31-36(39)41-34-35(33-38)42-37(40)32-30-28-26-24-21-14-12-10-8-6-4-2/h11,13,16-17,19-20,23,25,35,38H,3-10,12,14-15,18,21-22,24,26-34H2,1-2H3/b13-11-,17-16-,20-19-,25-23-/t35-/m0/s1. The number of carbonyl (C=O) groups is 2. The Kier molecular flexibility index (Phi) is 31.7. The Morgan fingerprint density at radius 2 is 0.976 bits per heavy atom. The van der Waals surface area contributed by atoms with Crippen LogP contribution in [-0.4, -0.2) is 36.4 Å². The fourth-order valence-corrected chi connectivity index (χ4v) is 4.49. The van der Waals surface area contributed by atoms with E-state index in [4.69, 9.17) is 9.47 Å². The Morgan fingerprint density at radius 1 is 0.548 bits per heavy atom. The van der Waals surface area contributed by atoms with E-state index in [9.17, 15) is 14.7 Å². The van der Waals surface area contributed by atoms with Crippen LogP contribution in [0.15, 0.2) is 48.6 Å². The van der Waals surface area contributed by atoms with Gasteiger partial charge in [-0.25, -0.2) is 0 Å². The van der Waals surface area contributed by atoms with Crippen molar-refractivity contribution in [3.05, 3.63) is 48.6 Å². The van der Waals surface area contributed by atoms with E-state index in [-0.39, 0.29) is 25.2 Å². The predicted molar refractivity (Wildman–Crippen MR) is 177 cm³/mol. The lowest BCUT2D eigenvalue weighted by Crippen LogP contribution is -2.28. The highest BCUT2D eigenvalue weighted by molar-refractivity contribution is 5.70. The summed E-state index contributed by atoms with van der Waals surface area (Å²) in [7, 11) is 0. The zero-order chi connectivity index (χ0) is 30.8. The van der Waals surface area contributed by atoms with Crippen LogP contribution in [0, 0.1) is 0 Å². The molecular weight excluding hydrogens is 524 g/mol. The van der Waals surface area contributed by atoms with Gasteiger partial charge < -0.3 is 14.6 Å². The third kappa shape index (κ3) is 30.8. The molecule has 0 heterocycles. The first-order valence-electron chi connectivity index (χ1n) is 17.2. The van der Waals surface area contributed by atoms with E-state index < -0.39 is 6.10 Å². The fraction of sp³-hybridized carbons (Fsp3) is 0.730. The number of rotatable bonds is 30. The molecule has 0 radical (unpaired) electrons. The first-order chi connectivity index (χ1) is 20.6. The van der Waals surface area contributed by atoms with Gasteiger partial charge in [0, 0.05) is 12.8 Å². The Balaban J connectivity index is 3.70. The largest absolute Gasteiger partial charge is 0.462 e. The molecule has 1 N–H and O–H groups in total. The van der Waals surface area contributed by atoms with Crippen molar-refractivity contribution < 1.29 is 24.2 Å². The van der Waals surface area contributed by atoms with Crippen molar-refractivity contribution in [1.82, 2.24) is 0 Å². The van der Waals surface area contributed by atoms with E-state index >= 15 is 0 Å². The van der Waals surface area contributed by atoms with Crippen molar-refractivity contribution in [2.75, 3.05) is 13.2 Å². The molecule has 0 saturated heterocycles. The van der Waals surface area contributed by atoms with Crippen molar-refractivity contribution in [2.45, 2.75) is 161 Å². The Morgan fingerprint density at radius 3 is 1.50 bits per heavy atom. The second-order valence-electron chi connectivity index (χ2n) is 11.2. The van der Waals surface area contributed by atoms with E-state index in [2.05, 4.69) is 62.5 Å². The molecule has 0 unspecified atom stereocenters. The normalized spacial score (nSPS) is 12.7. The predicted octanol–water partition coefficient (Wildman–Crippen LogP) is 10.3. The maximum atomic E-state index is 12.1. The molecule has 0 saturated carbocycles. The van der Waals surface area contributed by atoms with Crippen molar-refractivity contribution in [1.29, 1.82) is 0 Å². The van der Waals surface area contributed by atoms with Crippen LogP contribution in [0.3, 0.4) is 0 Å². The molecule has 242 valence electrons. The second kappa shape index (κ2) is 33.4. The molecule has 0 rings (SSSR count). The summed E-state index contributed by atoms with van der Waals surface area (Å²) >= 11 is 0. The van der Waals surface area contributed by atoms with E-state index in [1.54, 1.807) is 0 Å².